The van der Waals surface area contributed by atoms with Crippen molar-refractivity contribution >= 4 is 5.84 Å². The van der Waals surface area contributed by atoms with E-state index >= 15 is 0 Å². The highest BCUT2D eigenvalue weighted by Crippen LogP contribution is 2.13. The summed E-state index contributed by atoms with van der Waals surface area (Å²) in [7, 11) is 0. The molecule has 4 nitrogen and oxygen atoms in total. The number of nitrogens with two attached hydrogens (primary N) is 1. The molecule has 0 radical (unpaired) electrons. The minimum Gasteiger partial charge on any atom is -0.382 e. The lowest BCUT2D eigenvalue weighted by Crippen LogP contribution is -2.21. The number of nitrogen functional groups attached to an aromatic ring is 1. The molecule has 0 atom stereocenters. The van der Waals surface area contributed by atoms with Gasteiger partial charge in [0.05, 0.1) is 12.2 Å². The molecule has 1 rings (SSSR count). The monoisotopic (exact) mass is 207 g/mol. The van der Waals surface area contributed by atoms with E-state index in [-0.39, 0.29) is 11.4 Å². The summed E-state index contributed by atoms with van der Waals surface area (Å²) >= 11 is 0. The fraction of sp³-hybridized carbons (Fsp3) is 0.455. The van der Waals surface area contributed by atoms with Gasteiger partial charge in [-0.3, -0.25) is 10.4 Å². The van der Waals surface area contributed by atoms with Crippen molar-refractivity contribution in [3.8, 4) is 0 Å². The normalized spacial score (nSPS) is 11.4. The summed E-state index contributed by atoms with van der Waals surface area (Å²) < 4.78 is 5.61. The van der Waals surface area contributed by atoms with Crippen LogP contribution in [-0.4, -0.2) is 16.4 Å². The van der Waals surface area contributed by atoms with Crippen LogP contribution in [0.15, 0.2) is 18.3 Å². The molecular weight excluding hydrogens is 190 g/mol. The van der Waals surface area contributed by atoms with Gasteiger partial charge in [0.15, 0.2) is 0 Å². The van der Waals surface area contributed by atoms with E-state index in [9.17, 15) is 0 Å². The summed E-state index contributed by atoms with van der Waals surface area (Å²) in [6, 6.07) is 3.68. The van der Waals surface area contributed by atoms with Crippen molar-refractivity contribution in [2.75, 3.05) is 0 Å². The van der Waals surface area contributed by atoms with E-state index in [2.05, 4.69) is 4.98 Å². The maximum atomic E-state index is 7.37. The minimum absolute atomic E-state index is 0.0249. The van der Waals surface area contributed by atoms with E-state index < -0.39 is 0 Å². The topological polar surface area (TPSA) is 72.0 Å². The Morgan fingerprint density at radius 2 is 2.20 bits per heavy atom. The smallest absolute Gasteiger partial charge is 0.142 e. The third-order valence-corrected chi connectivity index (χ3v) is 1.81. The van der Waals surface area contributed by atoms with Gasteiger partial charge in [-0.15, -0.1) is 0 Å². The third-order valence-electron chi connectivity index (χ3n) is 1.81. The van der Waals surface area contributed by atoms with Crippen molar-refractivity contribution in [2.24, 2.45) is 5.73 Å². The van der Waals surface area contributed by atoms with Crippen LogP contribution in [0.3, 0.4) is 0 Å². The summed E-state index contributed by atoms with van der Waals surface area (Å²) in [6.45, 7) is 6.37. The van der Waals surface area contributed by atoms with Crippen molar-refractivity contribution in [3.63, 3.8) is 0 Å². The van der Waals surface area contributed by atoms with E-state index in [4.69, 9.17) is 15.9 Å². The highest BCUT2D eigenvalue weighted by atomic mass is 16.5. The van der Waals surface area contributed by atoms with Gasteiger partial charge in [0, 0.05) is 11.8 Å². The number of hydrogen-bond donors (Lipinski definition) is 2. The van der Waals surface area contributed by atoms with Crippen molar-refractivity contribution < 1.29 is 4.74 Å². The van der Waals surface area contributed by atoms with Crippen molar-refractivity contribution in [3.05, 3.63) is 29.6 Å². The average molecular weight is 207 g/mol. The lowest BCUT2D eigenvalue weighted by molar-refractivity contribution is -0.0151. The van der Waals surface area contributed by atoms with Crippen LogP contribution in [0.25, 0.3) is 0 Å². The van der Waals surface area contributed by atoms with Gasteiger partial charge < -0.3 is 10.5 Å². The first-order chi connectivity index (χ1) is 6.90. The Labute approximate surface area is 90.0 Å². The van der Waals surface area contributed by atoms with Crippen molar-refractivity contribution in [2.45, 2.75) is 33.0 Å². The third kappa shape index (κ3) is 3.67. The first-order valence-electron chi connectivity index (χ1n) is 4.82. The maximum absolute atomic E-state index is 7.37. The molecule has 1 heterocycles. The summed E-state index contributed by atoms with van der Waals surface area (Å²) in [5.41, 5.74) is 6.56. The molecule has 0 amide bonds. The number of rotatable bonds is 3. The molecule has 1 aromatic rings. The predicted molar refractivity (Wildman–Crippen MR) is 59.8 cm³/mol. The van der Waals surface area contributed by atoms with Crippen LogP contribution < -0.4 is 5.73 Å². The second-order valence-electron chi connectivity index (χ2n) is 4.33. The number of amidine groups is 1. The van der Waals surface area contributed by atoms with E-state index in [0.29, 0.717) is 12.3 Å². The van der Waals surface area contributed by atoms with Crippen LogP contribution in [-0.2, 0) is 11.3 Å². The Morgan fingerprint density at radius 1 is 1.53 bits per heavy atom. The molecule has 0 saturated carbocycles. The Kier molecular flexibility index (Phi) is 3.42. The molecule has 0 fully saturated rings. The molecule has 0 aliphatic heterocycles. The number of pyridine rings is 1. The Balaban J connectivity index is 2.81. The van der Waals surface area contributed by atoms with Gasteiger partial charge in [-0.25, -0.2) is 0 Å². The summed E-state index contributed by atoms with van der Waals surface area (Å²) in [5.74, 6) is -0.0249. The molecule has 15 heavy (non-hydrogen) atoms. The summed E-state index contributed by atoms with van der Waals surface area (Å²) in [6.07, 6.45) is 1.62. The lowest BCUT2D eigenvalue weighted by atomic mass is 10.1. The average Bonchev–Trinajstić information content (AvgIpc) is 2.14. The fourth-order valence-electron chi connectivity index (χ4n) is 1.09. The molecule has 0 bridgehead atoms. The molecular formula is C11H17N3O. The second kappa shape index (κ2) is 4.40. The van der Waals surface area contributed by atoms with Crippen LogP contribution in [0.1, 0.15) is 32.0 Å². The first kappa shape index (κ1) is 11.7. The Hall–Kier alpha value is -1.42. The van der Waals surface area contributed by atoms with Gasteiger partial charge in [0.25, 0.3) is 0 Å². The summed E-state index contributed by atoms with van der Waals surface area (Å²) in [4.78, 5) is 4.05. The highest BCUT2D eigenvalue weighted by Gasteiger charge is 2.12. The number of nitrogens with zero attached hydrogens (tertiary/aromatic N) is 1. The molecule has 0 aliphatic carbocycles. The molecule has 0 aliphatic rings. The van der Waals surface area contributed by atoms with Gasteiger partial charge >= 0.3 is 0 Å². The van der Waals surface area contributed by atoms with Crippen LogP contribution >= 0.6 is 0 Å². The van der Waals surface area contributed by atoms with Gasteiger partial charge in [0.2, 0.25) is 0 Å². The minimum atomic E-state index is -0.204. The fourth-order valence-corrected chi connectivity index (χ4v) is 1.09. The maximum Gasteiger partial charge on any atom is 0.142 e. The zero-order valence-corrected chi connectivity index (χ0v) is 9.37. The van der Waals surface area contributed by atoms with Crippen LogP contribution in [0.2, 0.25) is 0 Å². The van der Waals surface area contributed by atoms with Crippen LogP contribution in [0.4, 0.5) is 0 Å². The Bertz CT molecular complexity index is 355. The molecule has 4 heteroatoms. The van der Waals surface area contributed by atoms with Crippen LogP contribution in [0.5, 0.6) is 0 Å². The quantitative estimate of drug-likeness (QED) is 0.585. The van der Waals surface area contributed by atoms with Gasteiger partial charge in [-0.05, 0) is 26.8 Å². The van der Waals surface area contributed by atoms with E-state index in [1.54, 1.807) is 6.20 Å². The Morgan fingerprint density at radius 3 is 2.73 bits per heavy atom. The van der Waals surface area contributed by atoms with Crippen LogP contribution in [0, 0.1) is 5.41 Å². The van der Waals surface area contributed by atoms with Gasteiger partial charge in [-0.2, -0.15) is 0 Å². The highest BCUT2D eigenvalue weighted by molar-refractivity contribution is 5.94. The zero-order valence-electron chi connectivity index (χ0n) is 9.37. The number of nitrogens with one attached hydrogen (secondary N) is 1. The van der Waals surface area contributed by atoms with Crippen molar-refractivity contribution in [1.29, 1.82) is 5.41 Å². The standard InChI is InChI=1S/C11H17N3O/c1-11(2,3)15-7-8-5-4-6-14-9(8)10(12)13/h4-6H,7H2,1-3H3,(H3,12,13). The number of ether oxygens (including phenoxy) is 1. The SMILES string of the molecule is CC(C)(C)OCc1cccnc1C(=N)N. The number of hydrogen-bond acceptors (Lipinski definition) is 3. The molecule has 0 aromatic carbocycles. The first-order valence-corrected chi connectivity index (χ1v) is 4.82. The predicted octanol–water partition coefficient (Wildman–Crippen LogP) is 1.68. The zero-order chi connectivity index (χ0) is 11.5. The second-order valence-corrected chi connectivity index (χ2v) is 4.33. The molecule has 82 valence electrons. The van der Waals surface area contributed by atoms with E-state index in [1.807, 2.05) is 32.9 Å². The van der Waals surface area contributed by atoms with Gasteiger partial charge in [-0.1, -0.05) is 6.07 Å². The largest absolute Gasteiger partial charge is 0.382 e. The number of aromatic nitrogens is 1. The van der Waals surface area contributed by atoms with Gasteiger partial charge in [0.1, 0.15) is 11.5 Å². The molecule has 0 spiro atoms. The molecule has 1 aromatic heterocycles. The molecule has 3 N–H and O–H groups in total. The summed E-state index contributed by atoms with van der Waals surface area (Å²) in [5, 5.41) is 7.37. The lowest BCUT2D eigenvalue weighted by Gasteiger charge is -2.20. The molecule has 0 saturated heterocycles. The molecule has 0 unspecified atom stereocenters. The van der Waals surface area contributed by atoms with E-state index in [0.717, 1.165) is 5.56 Å². The van der Waals surface area contributed by atoms with E-state index in [1.165, 1.54) is 0 Å². The van der Waals surface area contributed by atoms with Crippen molar-refractivity contribution in [1.82, 2.24) is 4.98 Å².